The van der Waals surface area contributed by atoms with E-state index in [0.717, 1.165) is 4.90 Å². The van der Waals surface area contributed by atoms with Crippen LogP contribution in [0, 0.1) is 0 Å². The van der Waals surface area contributed by atoms with E-state index in [0.29, 0.717) is 41.1 Å². The molecule has 10 nitrogen and oxygen atoms in total. The molecule has 0 bridgehead atoms. The number of ether oxygens (including phenoxy) is 3. The Morgan fingerprint density at radius 3 is 2.56 bits per heavy atom. The highest BCUT2D eigenvalue weighted by atomic mass is 32.2. The molecule has 0 radical (unpaired) electrons. The largest absolute Gasteiger partial charge is 0.495 e. The fourth-order valence-electron chi connectivity index (χ4n) is 3.01. The van der Waals surface area contributed by atoms with Gasteiger partial charge in [-0.25, -0.2) is 4.79 Å². The van der Waals surface area contributed by atoms with Crippen LogP contribution in [0.4, 0.5) is 10.5 Å². The molecular weight excluding hydrogens is 464 g/mol. The second-order valence-electron chi connectivity index (χ2n) is 6.84. The molecule has 0 aromatic heterocycles. The molecule has 1 aliphatic rings. The van der Waals surface area contributed by atoms with Crippen molar-refractivity contribution >= 4 is 46.5 Å². The number of para-hydroxylation sites is 2. The minimum absolute atomic E-state index is 0.136. The molecule has 1 fully saturated rings. The summed E-state index contributed by atoms with van der Waals surface area (Å²) in [6, 6.07) is 11.5. The molecule has 3 amide bonds. The molecule has 0 unspecified atom stereocenters. The van der Waals surface area contributed by atoms with Crippen LogP contribution in [0.5, 0.6) is 17.2 Å². The van der Waals surface area contributed by atoms with Gasteiger partial charge in [-0.05, 0) is 54.6 Å². The molecule has 1 heterocycles. The van der Waals surface area contributed by atoms with Gasteiger partial charge >= 0.3 is 5.97 Å². The van der Waals surface area contributed by atoms with Gasteiger partial charge in [0.1, 0.15) is 12.3 Å². The van der Waals surface area contributed by atoms with Crippen molar-refractivity contribution in [2.45, 2.75) is 6.92 Å². The number of thioether (sulfide) groups is 1. The molecule has 11 heteroatoms. The van der Waals surface area contributed by atoms with E-state index in [-0.39, 0.29) is 10.7 Å². The van der Waals surface area contributed by atoms with E-state index in [4.69, 9.17) is 19.3 Å². The lowest BCUT2D eigenvalue weighted by atomic mass is 10.2. The summed E-state index contributed by atoms with van der Waals surface area (Å²) in [5.74, 6) is -1.29. The van der Waals surface area contributed by atoms with Gasteiger partial charge in [-0.1, -0.05) is 18.2 Å². The second-order valence-corrected chi connectivity index (χ2v) is 7.83. The van der Waals surface area contributed by atoms with Crippen molar-refractivity contribution in [2.24, 2.45) is 0 Å². The summed E-state index contributed by atoms with van der Waals surface area (Å²) in [5, 5.41) is 10.9. The van der Waals surface area contributed by atoms with Gasteiger partial charge < -0.3 is 24.6 Å². The molecule has 1 aliphatic heterocycles. The number of nitrogens with one attached hydrogen (secondary N) is 1. The molecule has 3 rings (SSSR count). The molecule has 178 valence electrons. The maximum absolute atomic E-state index is 12.8. The minimum Gasteiger partial charge on any atom is -0.495 e. The third-order valence-corrected chi connectivity index (χ3v) is 5.38. The first-order valence-electron chi connectivity index (χ1n) is 10.1. The highest BCUT2D eigenvalue weighted by Gasteiger charge is 2.36. The number of rotatable bonds is 10. The summed E-state index contributed by atoms with van der Waals surface area (Å²) < 4.78 is 15.9. The number of anilines is 1. The van der Waals surface area contributed by atoms with Crippen molar-refractivity contribution in [1.82, 2.24) is 4.90 Å². The summed E-state index contributed by atoms with van der Waals surface area (Å²) in [7, 11) is 1.47. The van der Waals surface area contributed by atoms with Crippen LogP contribution in [-0.4, -0.2) is 59.9 Å². The number of nitrogens with zero attached hydrogens (tertiary/aromatic N) is 1. The van der Waals surface area contributed by atoms with E-state index < -0.39 is 36.2 Å². The summed E-state index contributed by atoms with van der Waals surface area (Å²) in [6.45, 7) is 1.08. The van der Waals surface area contributed by atoms with Gasteiger partial charge in [0.2, 0.25) is 5.91 Å². The molecule has 0 saturated carbocycles. The van der Waals surface area contributed by atoms with Crippen molar-refractivity contribution in [1.29, 1.82) is 0 Å². The van der Waals surface area contributed by atoms with Gasteiger partial charge in [0.05, 0.1) is 24.3 Å². The van der Waals surface area contributed by atoms with E-state index in [2.05, 4.69) is 5.32 Å². The summed E-state index contributed by atoms with van der Waals surface area (Å²) in [6.07, 6.45) is 1.49. The zero-order valence-electron chi connectivity index (χ0n) is 18.4. The first-order valence-corrected chi connectivity index (χ1v) is 10.9. The van der Waals surface area contributed by atoms with Gasteiger partial charge in [-0.15, -0.1) is 0 Å². The summed E-state index contributed by atoms with van der Waals surface area (Å²) >= 11 is 0.714. The van der Waals surface area contributed by atoms with Crippen LogP contribution in [0.1, 0.15) is 12.5 Å². The Labute approximate surface area is 199 Å². The summed E-state index contributed by atoms with van der Waals surface area (Å²) in [5.41, 5.74) is 0.960. The van der Waals surface area contributed by atoms with E-state index in [9.17, 15) is 19.2 Å². The highest BCUT2D eigenvalue weighted by Crippen LogP contribution is 2.35. The smallest absolute Gasteiger partial charge is 0.341 e. The van der Waals surface area contributed by atoms with Crippen LogP contribution in [0.3, 0.4) is 0 Å². The maximum Gasteiger partial charge on any atom is 0.341 e. The number of carboxylic acids is 1. The number of aliphatic carboxylic acids is 1. The van der Waals surface area contributed by atoms with Crippen LogP contribution in [-0.2, 0) is 14.4 Å². The normalized spacial score (nSPS) is 14.3. The molecule has 0 atom stereocenters. The Morgan fingerprint density at radius 2 is 1.85 bits per heavy atom. The molecule has 2 aromatic carbocycles. The number of carbonyl (C=O) groups excluding carboxylic acids is 3. The third-order valence-electron chi connectivity index (χ3n) is 4.47. The van der Waals surface area contributed by atoms with Crippen molar-refractivity contribution in [3.8, 4) is 17.2 Å². The van der Waals surface area contributed by atoms with Crippen LogP contribution in [0.25, 0.3) is 6.08 Å². The first kappa shape index (κ1) is 24.6. The molecule has 0 aliphatic carbocycles. The van der Waals surface area contributed by atoms with Gasteiger partial charge in [-0.2, -0.15) is 0 Å². The molecule has 0 spiro atoms. The maximum atomic E-state index is 12.8. The topological polar surface area (TPSA) is 131 Å². The van der Waals surface area contributed by atoms with Crippen molar-refractivity contribution in [3.05, 3.63) is 52.9 Å². The average Bonchev–Trinajstić information content (AvgIpc) is 3.06. The van der Waals surface area contributed by atoms with Crippen LogP contribution in [0.2, 0.25) is 0 Å². The van der Waals surface area contributed by atoms with Crippen molar-refractivity contribution in [2.75, 3.05) is 32.2 Å². The second kappa shape index (κ2) is 11.2. The zero-order chi connectivity index (χ0) is 24.7. The number of methoxy groups -OCH3 is 1. The fourth-order valence-corrected chi connectivity index (χ4v) is 3.85. The van der Waals surface area contributed by atoms with Crippen LogP contribution >= 0.6 is 11.8 Å². The molecule has 1 saturated heterocycles. The number of hydrogen-bond acceptors (Lipinski definition) is 8. The van der Waals surface area contributed by atoms with Gasteiger partial charge in [0.15, 0.2) is 18.1 Å². The fraction of sp³-hybridized carbons (Fsp3) is 0.217. The Bertz CT molecular complexity index is 1150. The Morgan fingerprint density at radius 1 is 1.09 bits per heavy atom. The Hall–Kier alpha value is -3.99. The molecule has 2 aromatic rings. The lowest BCUT2D eigenvalue weighted by Crippen LogP contribution is -2.36. The van der Waals surface area contributed by atoms with Gasteiger partial charge in [0.25, 0.3) is 11.1 Å². The van der Waals surface area contributed by atoms with Crippen molar-refractivity contribution in [3.63, 3.8) is 0 Å². The predicted octanol–water partition coefficient (Wildman–Crippen LogP) is 3.23. The summed E-state index contributed by atoms with van der Waals surface area (Å²) in [4.78, 5) is 49.4. The molecular formula is C23H22N2O8S. The van der Waals surface area contributed by atoms with Crippen molar-refractivity contribution < 1.29 is 38.5 Å². The third kappa shape index (κ3) is 6.07. The Kier molecular flexibility index (Phi) is 8.14. The zero-order valence-corrected chi connectivity index (χ0v) is 19.2. The highest BCUT2D eigenvalue weighted by molar-refractivity contribution is 8.18. The standard InChI is InChI=1S/C23H22N2O8S/c1-3-32-18-10-14(8-9-17(18)33-13-21(27)28)11-19-22(29)25(23(30)34-19)12-20(26)24-15-6-4-5-7-16(15)31-2/h4-11H,3,12-13H2,1-2H3,(H,24,26)(H,27,28)/b19-11+. The number of carbonyl (C=O) groups is 4. The van der Waals surface area contributed by atoms with E-state index in [1.807, 2.05) is 0 Å². The van der Waals surface area contributed by atoms with Gasteiger partial charge in [-0.3, -0.25) is 19.3 Å². The van der Waals surface area contributed by atoms with E-state index >= 15 is 0 Å². The van der Waals surface area contributed by atoms with Gasteiger partial charge in [0, 0.05) is 0 Å². The average molecular weight is 487 g/mol. The van der Waals surface area contributed by atoms with E-state index in [1.165, 1.54) is 19.3 Å². The van der Waals surface area contributed by atoms with Crippen LogP contribution < -0.4 is 19.5 Å². The number of carboxylic acid groups (broad SMARTS) is 1. The lowest BCUT2D eigenvalue weighted by molar-refractivity contribution is -0.139. The SMILES string of the molecule is CCOc1cc(/C=C2/SC(=O)N(CC(=O)Nc3ccccc3OC)C2=O)ccc1OCC(=O)O. The lowest BCUT2D eigenvalue weighted by Gasteiger charge is -2.14. The minimum atomic E-state index is -1.13. The molecule has 2 N–H and O–H groups in total. The number of amides is 3. The molecule has 34 heavy (non-hydrogen) atoms. The number of benzene rings is 2. The Balaban J connectivity index is 1.73. The quantitative estimate of drug-likeness (QED) is 0.486. The van der Waals surface area contributed by atoms with Crippen LogP contribution in [0.15, 0.2) is 47.4 Å². The number of hydrogen-bond donors (Lipinski definition) is 2. The number of imide groups is 1. The monoisotopic (exact) mass is 486 g/mol. The first-order chi connectivity index (χ1) is 16.3. The van der Waals surface area contributed by atoms with E-state index in [1.54, 1.807) is 43.3 Å². The predicted molar refractivity (Wildman–Crippen MR) is 125 cm³/mol.